The Labute approximate surface area is 206 Å². The second-order valence-corrected chi connectivity index (χ2v) is 11.6. The molecule has 1 aliphatic heterocycles. The van der Waals surface area contributed by atoms with Crippen molar-refractivity contribution in [1.29, 1.82) is 0 Å². The molecule has 0 radical (unpaired) electrons. The number of hydrogen-bond donors (Lipinski definition) is 1. The van der Waals surface area contributed by atoms with E-state index in [9.17, 15) is 18.4 Å². The number of anilines is 2. The van der Waals surface area contributed by atoms with Crippen LogP contribution in [0.2, 0.25) is 0 Å². The van der Waals surface area contributed by atoms with E-state index in [2.05, 4.69) is 21.4 Å². The zero-order valence-electron chi connectivity index (χ0n) is 20.6. The number of rotatable bonds is 5. The Morgan fingerprint density at radius 3 is 2.23 bits per heavy atom. The van der Waals surface area contributed by atoms with Crippen molar-refractivity contribution in [1.82, 2.24) is 19.1 Å². The molecule has 190 valence electrons. The van der Waals surface area contributed by atoms with Crippen LogP contribution >= 0.6 is 0 Å². The van der Waals surface area contributed by atoms with Gasteiger partial charge in [-0.1, -0.05) is 6.07 Å². The van der Waals surface area contributed by atoms with Crippen molar-refractivity contribution in [3.63, 3.8) is 0 Å². The maximum absolute atomic E-state index is 13.7. The van der Waals surface area contributed by atoms with Crippen molar-refractivity contribution in [2.45, 2.75) is 64.3 Å². The average molecular weight is 502 g/mol. The third kappa shape index (κ3) is 4.19. The molecule has 1 saturated heterocycles. The molecular formula is C24H33N6O4S-. The highest BCUT2D eigenvalue weighted by Crippen LogP contribution is 2.39. The lowest BCUT2D eigenvalue weighted by Gasteiger charge is -2.41. The summed E-state index contributed by atoms with van der Waals surface area (Å²) in [6.45, 7) is 3.15. The van der Waals surface area contributed by atoms with Crippen molar-refractivity contribution in [3.8, 4) is 0 Å². The van der Waals surface area contributed by atoms with Crippen LogP contribution in [0.4, 0.5) is 16.2 Å². The number of carbonyl (C=O) groups excluding carboxylic acids is 1. The molecule has 3 aliphatic rings. The Bertz CT molecular complexity index is 1220. The summed E-state index contributed by atoms with van der Waals surface area (Å²) in [5.41, 5.74) is 6.06. The number of piperidine rings is 1. The molecule has 2 aliphatic carbocycles. The number of urea groups is 1. The minimum Gasteiger partial charge on any atom is -0.740 e. The van der Waals surface area contributed by atoms with E-state index >= 15 is 0 Å². The molecule has 0 saturated carbocycles. The van der Waals surface area contributed by atoms with Gasteiger partial charge in [0.15, 0.2) is 0 Å². The number of carbonyl (C=O) groups is 1. The predicted molar refractivity (Wildman–Crippen MR) is 135 cm³/mol. The topological polar surface area (TPSA) is 114 Å². The largest absolute Gasteiger partial charge is 0.740 e. The smallest absolute Gasteiger partial charge is 0.326 e. The Morgan fingerprint density at radius 2 is 1.69 bits per heavy atom. The van der Waals surface area contributed by atoms with Crippen molar-refractivity contribution in [3.05, 3.63) is 45.4 Å². The van der Waals surface area contributed by atoms with E-state index in [1.54, 1.807) is 18.7 Å². The predicted octanol–water partition coefficient (Wildman–Crippen LogP) is 2.88. The minimum absolute atomic E-state index is 0.331. The van der Waals surface area contributed by atoms with Crippen LogP contribution in [0.3, 0.4) is 0 Å². The van der Waals surface area contributed by atoms with Gasteiger partial charge >= 0.3 is 16.2 Å². The zero-order chi connectivity index (χ0) is 24.9. The van der Waals surface area contributed by atoms with Gasteiger partial charge in [0.2, 0.25) is 0 Å². The first-order valence-corrected chi connectivity index (χ1v) is 13.7. The van der Waals surface area contributed by atoms with Crippen LogP contribution in [0.5, 0.6) is 0 Å². The van der Waals surface area contributed by atoms with Crippen LogP contribution < -0.4 is 9.62 Å². The molecule has 2 aromatic rings. The minimum atomic E-state index is -4.70. The van der Waals surface area contributed by atoms with Crippen LogP contribution in [0.15, 0.2) is 12.3 Å². The number of aromatic nitrogens is 2. The molecule has 2 heterocycles. The van der Waals surface area contributed by atoms with Crippen molar-refractivity contribution >= 4 is 27.6 Å². The lowest BCUT2D eigenvalue weighted by Crippen LogP contribution is -2.52. The van der Waals surface area contributed by atoms with Crippen LogP contribution in [-0.4, -0.2) is 59.8 Å². The normalized spacial score (nSPS) is 18.4. The summed E-state index contributed by atoms with van der Waals surface area (Å²) in [5.74, 6) is 0. The SMILES string of the molecule is Cc1c(N(C2CCN(C)CC2)S(=O)(=O)N([O-])C(=O)Nc2c3c(cc4c2CCC4)CCC3)cnn1C. The molecular weight excluding hydrogens is 468 g/mol. The number of nitrogens with zero attached hydrogens (tertiary/aromatic N) is 5. The first-order valence-electron chi connectivity index (χ1n) is 12.3. The molecule has 1 aromatic carbocycles. The highest BCUT2D eigenvalue weighted by Gasteiger charge is 2.37. The summed E-state index contributed by atoms with van der Waals surface area (Å²) in [4.78, 5) is 15.3. The number of nitrogens with one attached hydrogen (secondary N) is 1. The highest BCUT2D eigenvalue weighted by atomic mass is 32.2. The average Bonchev–Trinajstić information content (AvgIpc) is 3.56. The van der Waals surface area contributed by atoms with E-state index in [4.69, 9.17) is 0 Å². The molecule has 5 rings (SSSR count). The van der Waals surface area contributed by atoms with Gasteiger partial charge in [-0.25, -0.2) is 9.10 Å². The van der Waals surface area contributed by atoms with Crippen molar-refractivity contribution in [2.24, 2.45) is 7.05 Å². The maximum atomic E-state index is 13.7. The van der Waals surface area contributed by atoms with Crippen LogP contribution in [0, 0.1) is 12.1 Å². The van der Waals surface area contributed by atoms with Gasteiger partial charge in [0.05, 0.1) is 17.6 Å². The molecule has 0 bridgehead atoms. The Hall–Kier alpha value is -2.63. The number of amides is 2. The molecule has 35 heavy (non-hydrogen) atoms. The summed E-state index contributed by atoms with van der Waals surface area (Å²) < 4.78 is 29.7. The summed E-state index contributed by atoms with van der Waals surface area (Å²) >= 11 is 0. The van der Waals surface area contributed by atoms with Gasteiger partial charge in [0, 0.05) is 18.8 Å². The third-order valence-electron chi connectivity index (χ3n) is 7.80. The third-order valence-corrected chi connectivity index (χ3v) is 9.37. The Morgan fingerprint density at radius 1 is 1.09 bits per heavy atom. The van der Waals surface area contributed by atoms with E-state index in [-0.39, 0.29) is 4.47 Å². The fourth-order valence-corrected chi connectivity index (χ4v) is 7.18. The van der Waals surface area contributed by atoms with Gasteiger partial charge in [-0.2, -0.15) is 13.5 Å². The number of hydrogen-bond acceptors (Lipinski definition) is 6. The lowest BCUT2D eigenvalue weighted by molar-refractivity contribution is 0.242. The fourth-order valence-electron chi connectivity index (χ4n) is 5.75. The van der Waals surface area contributed by atoms with E-state index in [1.807, 2.05) is 7.05 Å². The number of aryl methyl sites for hydroxylation is 3. The molecule has 1 fully saturated rings. The molecule has 2 amide bonds. The second kappa shape index (κ2) is 9.11. The van der Waals surface area contributed by atoms with Gasteiger partial charge in [-0.3, -0.25) is 9.15 Å². The summed E-state index contributed by atoms with van der Waals surface area (Å²) in [6.07, 6.45) is 8.06. The van der Waals surface area contributed by atoms with Crippen LogP contribution in [0.1, 0.15) is 53.6 Å². The number of likely N-dealkylation sites (tertiary alicyclic amines) is 1. The number of fused-ring (bicyclic) bond motifs is 2. The highest BCUT2D eigenvalue weighted by molar-refractivity contribution is 7.91. The summed E-state index contributed by atoms with van der Waals surface area (Å²) in [7, 11) is -1.00. The van der Waals surface area contributed by atoms with Crippen molar-refractivity contribution < 1.29 is 13.2 Å². The molecule has 0 unspecified atom stereocenters. The lowest BCUT2D eigenvalue weighted by atomic mass is 9.99. The molecule has 11 heteroatoms. The molecule has 0 atom stereocenters. The standard InChI is InChI=1S/C24H33N6O4S/c1-16-22(15-25-28(16)3)29(19-10-12-27(2)13-11-19)35(33,34)30(32)24(31)26-23-20-8-4-6-17(20)14-18-7-5-9-21(18)23/h14-15,19H,4-13H2,1-3H3,(H,26,31)/q-1. The fraction of sp³-hybridized carbons (Fsp3) is 0.583. The molecule has 1 aromatic heterocycles. The maximum Gasteiger partial charge on any atom is 0.326 e. The zero-order valence-corrected chi connectivity index (χ0v) is 21.4. The van der Waals surface area contributed by atoms with Gasteiger partial charge in [0.25, 0.3) is 0 Å². The van der Waals surface area contributed by atoms with Gasteiger partial charge in [0.1, 0.15) is 0 Å². The number of hydroxylamine groups is 1. The quantitative estimate of drug-likeness (QED) is 0.630. The molecule has 1 N–H and O–H groups in total. The first-order chi connectivity index (χ1) is 16.7. The van der Waals surface area contributed by atoms with Gasteiger partial charge in [-0.05, 0) is 101 Å². The Balaban J connectivity index is 1.47. The summed E-state index contributed by atoms with van der Waals surface area (Å²) in [5, 5.41) is 20.2. The van der Waals surface area contributed by atoms with E-state index in [0.29, 0.717) is 43.0 Å². The van der Waals surface area contributed by atoms with E-state index in [1.165, 1.54) is 17.3 Å². The molecule has 0 spiro atoms. The molecule has 10 nitrogen and oxygen atoms in total. The van der Waals surface area contributed by atoms with E-state index in [0.717, 1.165) is 54.0 Å². The van der Waals surface area contributed by atoms with Crippen LogP contribution in [0.25, 0.3) is 0 Å². The van der Waals surface area contributed by atoms with E-state index < -0.39 is 22.3 Å². The monoisotopic (exact) mass is 501 g/mol. The second-order valence-electron chi connectivity index (χ2n) is 9.97. The summed E-state index contributed by atoms with van der Waals surface area (Å²) in [6, 6.07) is 0.617. The van der Waals surface area contributed by atoms with Crippen molar-refractivity contribution in [2.75, 3.05) is 29.8 Å². The van der Waals surface area contributed by atoms with Gasteiger partial charge < -0.3 is 15.4 Å². The number of benzene rings is 1. The van der Waals surface area contributed by atoms with Gasteiger partial charge in [-0.15, -0.1) is 0 Å². The Kier molecular flexibility index (Phi) is 6.27. The van der Waals surface area contributed by atoms with Crippen LogP contribution in [-0.2, 0) is 42.9 Å². The first kappa shape index (κ1) is 24.1.